The number of pyridine rings is 1. The van der Waals surface area contributed by atoms with Crippen LogP contribution in [0.3, 0.4) is 0 Å². The summed E-state index contributed by atoms with van der Waals surface area (Å²) in [6.07, 6.45) is 1.59. The van der Waals surface area contributed by atoms with Crippen molar-refractivity contribution in [1.29, 1.82) is 0 Å². The van der Waals surface area contributed by atoms with Crippen molar-refractivity contribution in [2.75, 3.05) is 5.73 Å². The molecule has 0 aliphatic carbocycles. The monoisotopic (exact) mass is 272 g/mol. The minimum atomic E-state index is 0.379. The van der Waals surface area contributed by atoms with E-state index >= 15 is 0 Å². The summed E-state index contributed by atoms with van der Waals surface area (Å²) in [5.74, 6) is 1.22. The Hall–Kier alpha value is -2.40. The summed E-state index contributed by atoms with van der Waals surface area (Å²) >= 11 is 6.09. The topological polar surface area (TPSA) is 77.8 Å². The van der Waals surface area contributed by atoms with Crippen LogP contribution in [-0.2, 0) is 0 Å². The molecule has 0 unspecified atom stereocenters. The molecule has 3 rings (SSSR count). The van der Waals surface area contributed by atoms with Crippen LogP contribution in [0.15, 0.2) is 47.1 Å². The number of halogens is 1. The molecule has 94 valence electrons. The average molecular weight is 273 g/mol. The number of hydrogen-bond acceptors (Lipinski definition) is 5. The van der Waals surface area contributed by atoms with Crippen LogP contribution in [-0.4, -0.2) is 15.1 Å². The van der Waals surface area contributed by atoms with Gasteiger partial charge in [-0.1, -0.05) is 28.9 Å². The van der Waals surface area contributed by atoms with Crippen molar-refractivity contribution < 1.29 is 4.52 Å². The fourth-order valence-corrected chi connectivity index (χ4v) is 1.89. The van der Waals surface area contributed by atoms with Crippen molar-refractivity contribution in [3.8, 4) is 22.8 Å². The van der Waals surface area contributed by atoms with Crippen molar-refractivity contribution in [1.82, 2.24) is 15.1 Å². The van der Waals surface area contributed by atoms with Crippen LogP contribution in [0, 0.1) is 0 Å². The second-order valence-electron chi connectivity index (χ2n) is 3.87. The summed E-state index contributed by atoms with van der Waals surface area (Å²) in [4.78, 5) is 8.22. The van der Waals surface area contributed by atoms with Gasteiger partial charge in [-0.25, -0.2) is 4.98 Å². The molecular formula is C13H9ClN4O. The Morgan fingerprint density at radius 3 is 2.79 bits per heavy atom. The minimum Gasteiger partial charge on any atom is -0.384 e. The van der Waals surface area contributed by atoms with Crippen molar-refractivity contribution in [3.05, 3.63) is 47.6 Å². The molecule has 0 amide bonds. The molecule has 0 saturated carbocycles. The molecule has 2 N–H and O–H groups in total. The van der Waals surface area contributed by atoms with Crippen LogP contribution in [0.25, 0.3) is 22.8 Å². The number of benzene rings is 1. The van der Waals surface area contributed by atoms with Gasteiger partial charge in [-0.15, -0.1) is 0 Å². The lowest BCUT2D eigenvalue weighted by Gasteiger charge is -1.96. The molecule has 0 spiro atoms. The summed E-state index contributed by atoms with van der Waals surface area (Å²) in [6.45, 7) is 0. The van der Waals surface area contributed by atoms with Gasteiger partial charge in [0.25, 0.3) is 5.89 Å². The number of nitrogens with zero attached hydrogens (tertiary/aromatic N) is 3. The summed E-state index contributed by atoms with van der Waals surface area (Å²) in [5, 5.41) is 4.49. The van der Waals surface area contributed by atoms with Gasteiger partial charge in [-0.05, 0) is 24.3 Å². The van der Waals surface area contributed by atoms with Gasteiger partial charge in [0.15, 0.2) is 0 Å². The third kappa shape index (κ3) is 2.28. The summed E-state index contributed by atoms with van der Waals surface area (Å²) in [6, 6.07) is 10.7. The first kappa shape index (κ1) is 11.7. The van der Waals surface area contributed by atoms with E-state index in [0.29, 0.717) is 22.6 Å². The van der Waals surface area contributed by atoms with Crippen molar-refractivity contribution in [3.63, 3.8) is 0 Å². The molecule has 6 heteroatoms. The lowest BCUT2D eigenvalue weighted by atomic mass is 10.2. The molecule has 0 aliphatic rings. The Bertz CT molecular complexity index is 726. The molecule has 0 fully saturated rings. The molecule has 1 aromatic carbocycles. The van der Waals surface area contributed by atoms with E-state index in [1.165, 1.54) is 0 Å². The minimum absolute atomic E-state index is 0.379. The van der Waals surface area contributed by atoms with E-state index in [1.54, 1.807) is 24.4 Å². The van der Waals surface area contributed by atoms with Crippen LogP contribution < -0.4 is 5.73 Å². The Balaban J connectivity index is 2.03. The van der Waals surface area contributed by atoms with E-state index in [0.717, 1.165) is 11.1 Å². The molecule has 19 heavy (non-hydrogen) atoms. The van der Waals surface area contributed by atoms with E-state index in [2.05, 4.69) is 15.1 Å². The summed E-state index contributed by atoms with van der Waals surface area (Å²) in [5.41, 5.74) is 7.06. The number of hydrogen-bond donors (Lipinski definition) is 1. The average Bonchev–Trinajstić information content (AvgIpc) is 2.89. The van der Waals surface area contributed by atoms with E-state index < -0.39 is 0 Å². The molecule has 0 saturated heterocycles. The van der Waals surface area contributed by atoms with Gasteiger partial charge in [0.05, 0.1) is 5.02 Å². The van der Waals surface area contributed by atoms with Crippen molar-refractivity contribution >= 4 is 17.4 Å². The molecule has 3 aromatic rings. The van der Waals surface area contributed by atoms with Gasteiger partial charge >= 0.3 is 0 Å². The normalized spacial score (nSPS) is 10.6. The Morgan fingerprint density at radius 2 is 2.00 bits per heavy atom. The predicted octanol–water partition coefficient (Wildman–Crippen LogP) is 3.03. The van der Waals surface area contributed by atoms with Crippen molar-refractivity contribution in [2.24, 2.45) is 0 Å². The second kappa shape index (κ2) is 4.70. The number of nitrogen functional groups attached to an aromatic ring is 1. The molecule has 0 bridgehead atoms. The van der Waals surface area contributed by atoms with Crippen LogP contribution in [0.2, 0.25) is 5.02 Å². The van der Waals surface area contributed by atoms with E-state index in [1.807, 2.05) is 18.2 Å². The SMILES string of the molecule is Nc1cc(-c2nc(-c3ccccc3Cl)no2)ccn1. The van der Waals surface area contributed by atoms with Gasteiger partial charge in [0.1, 0.15) is 5.82 Å². The molecule has 0 aliphatic heterocycles. The van der Waals surface area contributed by atoms with Gasteiger partial charge in [-0.3, -0.25) is 0 Å². The van der Waals surface area contributed by atoms with Crippen LogP contribution >= 0.6 is 11.6 Å². The largest absolute Gasteiger partial charge is 0.384 e. The first-order chi connectivity index (χ1) is 9.24. The smallest absolute Gasteiger partial charge is 0.258 e. The lowest BCUT2D eigenvalue weighted by molar-refractivity contribution is 0.432. The number of anilines is 1. The molecule has 2 heterocycles. The highest BCUT2D eigenvalue weighted by molar-refractivity contribution is 6.33. The van der Waals surface area contributed by atoms with Gasteiger partial charge < -0.3 is 10.3 Å². The summed E-state index contributed by atoms with van der Waals surface area (Å²) in [7, 11) is 0. The third-order valence-corrected chi connectivity index (χ3v) is 2.90. The maximum absolute atomic E-state index is 6.09. The first-order valence-electron chi connectivity index (χ1n) is 5.54. The Morgan fingerprint density at radius 1 is 1.16 bits per heavy atom. The van der Waals surface area contributed by atoms with E-state index in [4.69, 9.17) is 21.9 Å². The lowest BCUT2D eigenvalue weighted by Crippen LogP contribution is -1.89. The van der Waals surface area contributed by atoms with Crippen molar-refractivity contribution in [2.45, 2.75) is 0 Å². The standard InChI is InChI=1S/C13H9ClN4O/c14-10-4-2-1-3-9(10)12-17-13(19-18-12)8-5-6-16-11(15)7-8/h1-7H,(H2,15,16). The number of rotatable bonds is 2. The molecule has 2 aromatic heterocycles. The molecule has 0 atom stereocenters. The second-order valence-corrected chi connectivity index (χ2v) is 4.28. The highest BCUT2D eigenvalue weighted by Gasteiger charge is 2.12. The van der Waals surface area contributed by atoms with Crippen LogP contribution in [0.5, 0.6) is 0 Å². The fraction of sp³-hybridized carbons (Fsp3) is 0. The highest BCUT2D eigenvalue weighted by atomic mass is 35.5. The number of nitrogens with two attached hydrogens (primary N) is 1. The van der Waals surface area contributed by atoms with Gasteiger partial charge in [-0.2, -0.15) is 4.98 Å². The number of aromatic nitrogens is 3. The zero-order valence-corrected chi connectivity index (χ0v) is 10.5. The van der Waals surface area contributed by atoms with E-state index in [-0.39, 0.29) is 0 Å². The third-order valence-electron chi connectivity index (χ3n) is 2.57. The Kier molecular flexibility index (Phi) is 2.89. The fourth-order valence-electron chi connectivity index (χ4n) is 1.67. The first-order valence-corrected chi connectivity index (χ1v) is 5.92. The Labute approximate surface area is 114 Å². The predicted molar refractivity (Wildman–Crippen MR) is 72.4 cm³/mol. The van der Waals surface area contributed by atoms with E-state index in [9.17, 15) is 0 Å². The maximum atomic E-state index is 6.09. The molecule has 5 nitrogen and oxygen atoms in total. The van der Waals surface area contributed by atoms with Gasteiger partial charge in [0, 0.05) is 17.3 Å². The van der Waals surface area contributed by atoms with Crippen LogP contribution in [0.4, 0.5) is 5.82 Å². The maximum Gasteiger partial charge on any atom is 0.258 e. The zero-order chi connectivity index (χ0) is 13.2. The molecular weight excluding hydrogens is 264 g/mol. The highest BCUT2D eigenvalue weighted by Crippen LogP contribution is 2.27. The molecule has 0 radical (unpaired) electrons. The van der Waals surface area contributed by atoms with Crippen LogP contribution in [0.1, 0.15) is 0 Å². The zero-order valence-electron chi connectivity index (χ0n) is 9.75. The quantitative estimate of drug-likeness (QED) is 0.776. The summed E-state index contributed by atoms with van der Waals surface area (Å²) < 4.78 is 5.21. The van der Waals surface area contributed by atoms with Gasteiger partial charge in [0.2, 0.25) is 5.82 Å².